The monoisotopic (exact) mass is 458 g/mol. The first-order valence-electron chi connectivity index (χ1n) is 11.9. The van der Waals surface area contributed by atoms with Crippen LogP contribution >= 0.6 is 0 Å². The lowest BCUT2D eigenvalue weighted by Gasteiger charge is -2.41. The number of anilines is 1. The van der Waals surface area contributed by atoms with Crippen molar-refractivity contribution in [1.82, 2.24) is 15.3 Å². The van der Waals surface area contributed by atoms with E-state index in [1.165, 1.54) is 0 Å². The molecular formula is C24H34N4O5. The molecule has 9 heteroatoms. The fourth-order valence-corrected chi connectivity index (χ4v) is 5.36. The molecule has 2 N–H and O–H groups in total. The fraction of sp³-hybridized carbons (Fsp3) is 0.625. The Bertz CT molecular complexity index is 821. The summed E-state index contributed by atoms with van der Waals surface area (Å²) in [5.41, 5.74) is 2.90. The molecule has 0 spiro atoms. The lowest BCUT2D eigenvalue weighted by Crippen LogP contribution is -2.53. The number of carbonyl (C=O) groups excluding carboxylic acids is 3. The largest absolute Gasteiger partial charge is 0.378 e. The Morgan fingerprint density at radius 1 is 0.909 bits per heavy atom. The molecule has 3 atom stereocenters. The van der Waals surface area contributed by atoms with Gasteiger partial charge in [-0.1, -0.05) is 18.2 Å². The van der Waals surface area contributed by atoms with Crippen molar-refractivity contribution in [2.24, 2.45) is 17.8 Å². The van der Waals surface area contributed by atoms with Gasteiger partial charge in [-0.25, -0.2) is 5.48 Å². The molecule has 2 saturated heterocycles. The molecule has 2 heterocycles. The van der Waals surface area contributed by atoms with Crippen molar-refractivity contribution in [3.63, 3.8) is 0 Å². The molecule has 1 aromatic carbocycles. The number of para-hydroxylation sites is 1. The minimum Gasteiger partial charge on any atom is -0.378 e. The molecule has 4 rings (SSSR count). The van der Waals surface area contributed by atoms with E-state index in [0.29, 0.717) is 58.7 Å². The van der Waals surface area contributed by atoms with Gasteiger partial charge in [-0.05, 0) is 37.3 Å². The number of rotatable bonds is 5. The average molecular weight is 459 g/mol. The zero-order chi connectivity index (χ0) is 23.2. The molecule has 9 nitrogen and oxygen atoms in total. The summed E-state index contributed by atoms with van der Waals surface area (Å²) in [5.74, 6) is -1.52. The standard InChI is InChI=1S/C24H34N4O5/c29-22(27-12-14-33-15-13-27)17-18-6-7-20(21(16-18)23(30)25-32)24(31)28-10-8-26(9-11-28)19-4-2-1-3-5-19/h1-5,18,20-21,32H,6-17H2,(H,25,30). The Labute approximate surface area is 194 Å². The molecule has 0 radical (unpaired) electrons. The third-order valence-electron chi connectivity index (χ3n) is 7.26. The van der Waals surface area contributed by atoms with Crippen molar-refractivity contribution in [3.8, 4) is 0 Å². The Balaban J connectivity index is 1.34. The quantitative estimate of drug-likeness (QED) is 0.507. The van der Waals surface area contributed by atoms with Crippen molar-refractivity contribution in [2.75, 3.05) is 57.4 Å². The number of amides is 3. The third-order valence-corrected chi connectivity index (χ3v) is 7.26. The van der Waals surface area contributed by atoms with Gasteiger partial charge < -0.3 is 19.4 Å². The minimum absolute atomic E-state index is 0.0192. The maximum Gasteiger partial charge on any atom is 0.247 e. The van der Waals surface area contributed by atoms with Gasteiger partial charge in [0.1, 0.15) is 0 Å². The normalized spacial score (nSPS) is 26.1. The summed E-state index contributed by atoms with van der Waals surface area (Å²) in [7, 11) is 0. The highest BCUT2D eigenvalue weighted by atomic mass is 16.5. The van der Waals surface area contributed by atoms with Crippen LogP contribution in [0.5, 0.6) is 0 Å². The van der Waals surface area contributed by atoms with Gasteiger partial charge in [0.2, 0.25) is 17.7 Å². The number of hydrogen-bond acceptors (Lipinski definition) is 6. The fourth-order valence-electron chi connectivity index (χ4n) is 5.36. The number of benzene rings is 1. The highest BCUT2D eigenvalue weighted by molar-refractivity contribution is 5.88. The molecule has 0 aromatic heterocycles. The van der Waals surface area contributed by atoms with Crippen molar-refractivity contribution in [1.29, 1.82) is 0 Å². The summed E-state index contributed by atoms with van der Waals surface area (Å²) in [5, 5.41) is 9.31. The Hall–Kier alpha value is -2.65. The zero-order valence-corrected chi connectivity index (χ0v) is 19.0. The SMILES string of the molecule is O=C(NO)C1CC(CC(=O)N2CCOCC2)CCC1C(=O)N1CCN(c2ccccc2)CC1. The van der Waals surface area contributed by atoms with E-state index < -0.39 is 17.7 Å². The van der Waals surface area contributed by atoms with E-state index in [4.69, 9.17) is 4.74 Å². The maximum absolute atomic E-state index is 13.4. The van der Waals surface area contributed by atoms with Crippen LogP contribution < -0.4 is 10.4 Å². The van der Waals surface area contributed by atoms with Crippen molar-refractivity contribution in [3.05, 3.63) is 30.3 Å². The molecule has 3 unspecified atom stereocenters. The van der Waals surface area contributed by atoms with Crippen LogP contribution in [0.3, 0.4) is 0 Å². The van der Waals surface area contributed by atoms with Crippen molar-refractivity contribution < 1.29 is 24.3 Å². The van der Waals surface area contributed by atoms with Gasteiger partial charge in [-0.3, -0.25) is 19.6 Å². The van der Waals surface area contributed by atoms with E-state index >= 15 is 0 Å². The molecule has 180 valence electrons. The number of nitrogens with zero attached hydrogens (tertiary/aromatic N) is 3. The van der Waals surface area contributed by atoms with Gasteiger partial charge in [-0.2, -0.15) is 0 Å². The number of hydroxylamine groups is 1. The number of piperazine rings is 1. The molecule has 2 aliphatic heterocycles. The van der Waals surface area contributed by atoms with E-state index in [1.54, 1.807) is 5.48 Å². The first-order valence-corrected chi connectivity index (χ1v) is 11.9. The molecule has 3 amide bonds. The second-order valence-corrected chi connectivity index (χ2v) is 9.21. The van der Waals surface area contributed by atoms with E-state index in [-0.39, 0.29) is 17.7 Å². The molecule has 1 aliphatic carbocycles. The van der Waals surface area contributed by atoms with Crippen molar-refractivity contribution >= 4 is 23.4 Å². The van der Waals surface area contributed by atoms with Crippen LogP contribution in [-0.2, 0) is 19.1 Å². The predicted molar refractivity (Wildman–Crippen MR) is 122 cm³/mol. The number of carbonyl (C=O) groups is 3. The summed E-state index contributed by atoms with van der Waals surface area (Å²) in [6.45, 7) is 5.02. The second-order valence-electron chi connectivity index (χ2n) is 9.21. The van der Waals surface area contributed by atoms with Crippen LogP contribution in [0.2, 0.25) is 0 Å². The van der Waals surface area contributed by atoms with Crippen LogP contribution in [0.1, 0.15) is 25.7 Å². The van der Waals surface area contributed by atoms with Crippen LogP contribution in [0.15, 0.2) is 30.3 Å². The molecule has 3 aliphatic rings. The average Bonchev–Trinajstić information content (AvgIpc) is 2.89. The molecule has 1 aromatic rings. The van der Waals surface area contributed by atoms with Crippen LogP contribution in [-0.4, -0.2) is 85.2 Å². The zero-order valence-electron chi connectivity index (χ0n) is 19.0. The topological polar surface area (TPSA) is 102 Å². The second kappa shape index (κ2) is 11.0. The Kier molecular flexibility index (Phi) is 7.82. The number of nitrogens with one attached hydrogen (secondary N) is 1. The number of morpholine rings is 1. The van der Waals surface area contributed by atoms with Gasteiger partial charge in [0.15, 0.2) is 0 Å². The summed E-state index contributed by atoms with van der Waals surface area (Å²) < 4.78 is 5.31. The predicted octanol–water partition coefficient (Wildman–Crippen LogP) is 1.12. The molecule has 0 bridgehead atoms. The Morgan fingerprint density at radius 3 is 2.27 bits per heavy atom. The summed E-state index contributed by atoms with van der Waals surface area (Å²) in [6, 6.07) is 10.1. The van der Waals surface area contributed by atoms with Crippen LogP contribution in [0, 0.1) is 17.8 Å². The summed E-state index contributed by atoms with van der Waals surface area (Å²) >= 11 is 0. The molecule has 1 saturated carbocycles. The highest BCUT2D eigenvalue weighted by Crippen LogP contribution is 2.37. The molecular weight excluding hydrogens is 424 g/mol. The first-order chi connectivity index (χ1) is 16.1. The first kappa shape index (κ1) is 23.5. The minimum atomic E-state index is -0.620. The summed E-state index contributed by atoms with van der Waals surface area (Å²) in [4.78, 5) is 44.4. The van der Waals surface area contributed by atoms with E-state index in [0.717, 1.165) is 25.2 Å². The van der Waals surface area contributed by atoms with Gasteiger partial charge >= 0.3 is 0 Å². The van der Waals surface area contributed by atoms with Gasteiger partial charge in [0, 0.05) is 57.3 Å². The van der Waals surface area contributed by atoms with Crippen LogP contribution in [0.25, 0.3) is 0 Å². The highest BCUT2D eigenvalue weighted by Gasteiger charge is 2.42. The smallest absolute Gasteiger partial charge is 0.247 e. The third kappa shape index (κ3) is 5.65. The van der Waals surface area contributed by atoms with Gasteiger partial charge in [0.25, 0.3) is 0 Å². The number of ether oxygens (including phenoxy) is 1. The van der Waals surface area contributed by atoms with E-state index in [1.807, 2.05) is 28.0 Å². The summed E-state index contributed by atoms with van der Waals surface area (Å²) in [6.07, 6.45) is 2.08. The van der Waals surface area contributed by atoms with E-state index in [9.17, 15) is 19.6 Å². The lowest BCUT2D eigenvalue weighted by atomic mass is 9.72. The van der Waals surface area contributed by atoms with Crippen LogP contribution in [0.4, 0.5) is 5.69 Å². The molecule has 3 fully saturated rings. The maximum atomic E-state index is 13.4. The number of hydrogen-bond donors (Lipinski definition) is 2. The van der Waals surface area contributed by atoms with Gasteiger partial charge in [-0.15, -0.1) is 0 Å². The Morgan fingerprint density at radius 2 is 1.61 bits per heavy atom. The lowest BCUT2D eigenvalue weighted by molar-refractivity contribution is -0.149. The van der Waals surface area contributed by atoms with Gasteiger partial charge in [0.05, 0.1) is 19.1 Å². The van der Waals surface area contributed by atoms with Crippen molar-refractivity contribution in [2.45, 2.75) is 25.7 Å². The van der Waals surface area contributed by atoms with E-state index in [2.05, 4.69) is 17.0 Å². The molecule has 33 heavy (non-hydrogen) atoms.